The van der Waals surface area contributed by atoms with Crippen molar-refractivity contribution in [2.75, 3.05) is 13.2 Å². The minimum absolute atomic E-state index is 0.434. The van der Waals surface area contributed by atoms with Gasteiger partial charge in [-0.3, -0.25) is 0 Å². The van der Waals surface area contributed by atoms with Gasteiger partial charge in [0.2, 0.25) is 0 Å². The third-order valence-electron chi connectivity index (χ3n) is 3.40. The second-order valence-corrected chi connectivity index (χ2v) is 6.15. The molecule has 0 radical (unpaired) electrons. The van der Waals surface area contributed by atoms with E-state index in [-0.39, 0.29) is 0 Å². The maximum absolute atomic E-state index is 5.85. The van der Waals surface area contributed by atoms with E-state index < -0.39 is 0 Å². The minimum atomic E-state index is 0.434. The fourth-order valence-corrected chi connectivity index (χ4v) is 2.54. The predicted molar refractivity (Wildman–Crippen MR) is 99.3 cm³/mol. The Morgan fingerprint density at radius 1 is 1.04 bits per heavy atom. The third kappa shape index (κ3) is 4.90. The van der Waals surface area contributed by atoms with Gasteiger partial charge < -0.3 is 9.47 Å². The van der Waals surface area contributed by atoms with Gasteiger partial charge in [0.1, 0.15) is 37.4 Å². The zero-order valence-electron chi connectivity index (χ0n) is 13.7. The fraction of sp³-hybridized carbons (Fsp3) is 0.167. The number of halogens is 1. The summed E-state index contributed by atoms with van der Waals surface area (Å²) >= 11 is 3.46. The second-order valence-electron chi connectivity index (χ2n) is 5.23. The van der Waals surface area contributed by atoms with Gasteiger partial charge in [0.15, 0.2) is 0 Å². The Bertz CT molecular complexity index is 850. The molecule has 0 N–H and O–H groups in total. The van der Waals surface area contributed by atoms with Crippen molar-refractivity contribution in [3.63, 3.8) is 0 Å². The molecule has 0 saturated carbocycles. The van der Waals surface area contributed by atoms with Crippen molar-refractivity contribution in [3.8, 4) is 11.5 Å². The molecule has 3 aromatic rings. The predicted octanol–water partition coefficient (Wildman–Crippen LogP) is 3.69. The molecule has 0 aliphatic rings. The molecule has 2 aromatic carbocycles. The second kappa shape index (κ2) is 8.43. The molecule has 1 aromatic heterocycles. The van der Waals surface area contributed by atoms with E-state index in [0.717, 1.165) is 27.1 Å². The molecule has 0 saturated heterocycles. The van der Waals surface area contributed by atoms with Crippen LogP contribution >= 0.6 is 15.9 Å². The van der Waals surface area contributed by atoms with Crippen LogP contribution in [0, 0.1) is 6.92 Å². The molecule has 0 aliphatic heterocycles. The van der Waals surface area contributed by atoms with Gasteiger partial charge in [0.05, 0.1) is 6.21 Å². The van der Waals surface area contributed by atoms with E-state index in [1.54, 1.807) is 6.21 Å². The van der Waals surface area contributed by atoms with Crippen LogP contribution in [0.4, 0.5) is 0 Å². The average Bonchev–Trinajstić information content (AvgIpc) is 3.13. The van der Waals surface area contributed by atoms with E-state index in [0.29, 0.717) is 13.2 Å². The minimum Gasteiger partial charge on any atom is -0.490 e. The topological polar surface area (TPSA) is 61.5 Å². The highest BCUT2D eigenvalue weighted by Gasteiger charge is 2.04. The Morgan fingerprint density at radius 2 is 1.76 bits per heavy atom. The monoisotopic (exact) mass is 400 g/mol. The van der Waals surface area contributed by atoms with Gasteiger partial charge in [-0.05, 0) is 36.8 Å². The van der Waals surface area contributed by atoms with Crippen molar-refractivity contribution in [2.24, 2.45) is 5.10 Å². The lowest BCUT2D eigenvalue weighted by atomic mass is 10.2. The molecule has 0 fully saturated rings. The zero-order chi connectivity index (χ0) is 17.5. The van der Waals surface area contributed by atoms with Crippen molar-refractivity contribution >= 4 is 22.1 Å². The Labute approximate surface area is 154 Å². The number of aryl methyl sites for hydroxylation is 1. The molecule has 0 atom stereocenters. The smallest absolute Gasteiger partial charge is 0.141 e. The fourth-order valence-electron chi connectivity index (χ4n) is 2.16. The molecule has 1 heterocycles. The van der Waals surface area contributed by atoms with Gasteiger partial charge in [-0.1, -0.05) is 34.1 Å². The Balaban J connectivity index is 1.61. The zero-order valence-corrected chi connectivity index (χ0v) is 15.3. The van der Waals surface area contributed by atoms with E-state index in [1.807, 2.05) is 49.4 Å². The summed E-state index contributed by atoms with van der Waals surface area (Å²) in [4.78, 5) is 0. The Kier molecular flexibility index (Phi) is 5.79. The molecular weight excluding hydrogens is 384 g/mol. The first kappa shape index (κ1) is 17.2. The van der Waals surface area contributed by atoms with Crippen molar-refractivity contribution in [2.45, 2.75) is 6.92 Å². The lowest BCUT2D eigenvalue weighted by Crippen LogP contribution is -2.10. The van der Waals surface area contributed by atoms with Gasteiger partial charge in [-0.25, -0.2) is 4.68 Å². The molecule has 7 heteroatoms. The molecular formula is C18H17BrN4O2. The number of rotatable bonds is 7. The summed E-state index contributed by atoms with van der Waals surface area (Å²) in [6.45, 7) is 2.91. The van der Waals surface area contributed by atoms with E-state index >= 15 is 0 Å². The normalized spacial score (nSPS) is 11.0. The van der Waals surface area contributed by atoms with E-state index in [2.05, 4.69) is 31.2 Å². The molecule has 0 amide bonds. The number of hydrogen-bond acceptors (Lipinski definition) is 5. The van der Waals surface area contributed by atoms with Gasteiger partial charge in [0, 0.05) is 10.0 Å². The summed E-state index contributed by atoms with van der Waals surface area (Å²) in [5, 5.41) is 11.7. The lowest BCUT2D eigenvalue weighted by Gasteiger charge is -2.12. The number of para-hydroxylation sites is 1. The van der Waals surface area contributed by atoms with Crippen LogP contribution in [0.3, 0.4) is 0 Å². The third-order valence-corrected chi connectivity index (χ3v) is 3.89. The van der Waals surface area contributed by atoms with Gasteiger partial charge in [-0.15, -0.1) is 10.2 Å². The lowest BCUT2D eigenvalue weighted by molar-refractivity contribution is 0.216. The van der Waals surface area contributed by atoms with Crippen LogP contribution < -0.4 is 9.47 Å². The highest BCUT2D eigenvalue weighted by atomic mass is 79.9. The molecule has 128 valence electrons. The van der Waals surface area contributed by atoms with Crippen molar-refractivity contribution in [1.82, 2.24) is 14.9 Å². The summed E-state index contributed by atoms with van der Waals surface area (Å²) in [5.41, 5.74) is 1.95. The molecule has 0 unspecified atom stereocenters. The molecule has 0 bridgehead atoms. The molecule has 0 spiro atoms. The summed E-state index contributed by atoms with van der Waals surface area (Å²) < 4.78 is 14.1. The quantitative estimate of drug-likeness (QED) is 0.448. The van der Waals surface area contributed by atoms with Crippen LogP contribution in [-0.2, 0) is 0 Å². The summed E-state index contributed by atoms with van der Waals surface area (Å²) in [6.07, 6.45) is 4.74. The van der Waals surface area contributed by atoms with Crippen LogP contribution in [0.15, 0.2) is 64.7 Å². The van der Waals surface area contributed by atoms with Crippen molar-refractivity contribution < 1.29 is 9.47 Å². The van der Waals surface area contributed by atoms with Crippen LogP contribution in [0.2, 0.25) is 0 Å². The van der Waals surface area contributed by atoms with E-state index in [1.165, 1.54) is 17.3 Å². The SMILES string of the molecule is Cc1ccccc1OCCOc1ccc(Br)cc1C=Nn1cnnc1. The first-order valence-corrected chi connectivity index (χ1v) is 8.51. The Morgan fingerprint density at radius 3 is 2.52 bits per heavy atom. The highest BCUT2D eigenvalue weighted by Crippen LogP contribution is 2.22. The number of nitrogens with zero attached hydrogens (tertiary/aromatic N) is 4. The molecule has 6 nitrogen and oxygen atoms in total. The van der Waals surface area contributed by atoms with Gasteiger partial charge in [-0.2, -0.15) is 5.10 Å². The largest absolute Gasteiger partial charge is 0.490 e. The van der Waals surface area contributed by atoms with Gasteiger partial charge >= 0.3 is 0 Å². The van der Waals surface area contributed by atoms with Gasteiger partial charge in [0.25, 0.3) is 0 Å². The van der Waals surface area contributed by atoms with Crippen LogP contribution in [0.5, 0.6) is 11.5 Å². The van der Waals surface area contributed by atoms with Crippen LogP contribution in [0.25, 0.3) is 0 Å². The Hall–Kier alpha value is -2.67. The number of hydrogen-bond donors (Lipinski definition) is 0. The van der Waals surface area contributed by atoms with Crippen molar-refractivity contribution in [1.29, 1.82) is 0 Å². The summed E-state index contributed by atoms with van der Waals surface area (Å²) in [5.74, 6) is 1.60. The first-order chi connectivity index (χ1) is 12.2. The van der Waals surface area contributed by atoms with Crippen LogP contribution in [-0.4, -0.2) is 34.3 Å². The highest BCUT2D eigenvalue weighted by molar-refractivity contribution is 9.10. The first-order valence-electron chi connectivity index (χ1n) is 7.72. The molecule has 3 rings (SSSR count). The maximum atomic E-state index is 5.85. The molecule has 0 aliphatic carbocycles. The maximum Gasteiger partial charge on any atom is 0.141 e. The standard InChI is InChI=1S/C18H17BrN4O2/c1-14-4-2-3-5-17(14)24-8-9-25-18-7-6-16(19)10-15(18)11-22-23-12-20-21-13-23/h2-7,10-13H,8-9H2,1H3. The molecule has 25 heavy (non-hydrogen) atoms. The summed E-state index contributed by atoms with van der Waals surface area (Å²) in [7, 11) is 0. The van der Waals surface area contributed by atoms with Crippen molar-refractivity contribution in [3.05, 3.63) is 70.7 Å². The number of aromatic nitrogens is 3. The van der Waals surface area contributed by atoms with E-state index in [4.69, 9.17) is 9.47 Å². The number of ether oxygens (including phenoxy) is 2. The summed E-state index contributed by atoms with van der Waals surface area (Å²) in [6, 6.07) is 13.7. The van der Waals surface area contributed by atoms with Crippen LogP contribution in [0.1, 0.15) is 11.1 Å². The number of benzene rings is 2. The van der Waals surface area contributed by atoms with E-state index in [9.17, 15) is 0 Å². The average molecular weight is 401 g/mol.